The first-order valence-corrected chi connectivity index (χ1v) is 11.1. The Balaban J connectivity index is 1.68. The van der Waals surface area contributed by atoms with Crippen molar-refractivity contribution < 1.29 is 19.5 Å². The van der Waals surface area contributed by atoms with Crippen LogP contribution < -0.4 is 20.3 Å². The zero-order valence-electron chi connectivity index (χ0n) is 19.7. The van der Waals surface area contributed by atoms with Crippen LogP contribution in [0.5, 0.6) is 11.5 Å². The van der Waals surface area contributed by atoms with Gasteiger partial charge in [-0.3, -0.25) is 10.0 Å². The zero-order valence-corrected chi connectivity index (χ0v) is 19.7. The van der Waals surface area contributed by atoms with Crippen molar-refractivity contribution in [3.05, 3.63) is 48.3 Å². The van der Waals surface area contributed by atoms with E-state index >= 15 is 0 Å². The number of carbonyl (C=O) groups is 1. The number of benzene rings is 2. The van der Waals surface area contributed by atoms with E-state index in [0.29, 0.717) is 30.3 Å². The maximum atomic E-state index is 11.7. The van der Waals surface area contributed by atoms with Crippen molar-refractivity contribution in [2.75, 3.05) is 19.0 Å². The van der Waals surface area contributed by atoms with E-state index in [4.69, 9.17) is 21.1 Å². The number of nitrogens with zero attached hydrogens (tertiary/aromatic N) is 2. The van der Waals surface area contributed by atoms with Crippen molar-refractivity contribution in [2.45, 2.75) is 39.5 Å². The lowest BCUT2D eigenvalue weighted by Crippen LogP contribution is -2.34. The third kappa shape index (κ3) is 6.15. The maximum Gasteiger partial charge on any atom is 0.248 e. The molecular weight excluding hydrogens is 432 g/mol. The molecule has 1 aromatic heterocycles. The van der Waals surface area contributed by atoms with Gasteiger partial charge in [0, 0.05) is 28.1 Å². The van der Waals surface area contributed by atoms with Crippen LogP contribution in [0.3, 0.4) is 0 Å². The van der Waals surface area contributed by atoms with Gasteiger partial charge in [-0.2, -0.15) is 0 Å². The van der Waals surface area contributed by atoms with Gasteiger partial charge in [0.05, 0.1) is 19.2 Å². The molecule has 1 amide bonds. The van der Waals surface area contributed by atoms with Gasteiger partial charge in [0.1, 0.15) is 12.1 Å². The number of terminal acetylenes is 1. The van der Waals surface area contributed by atoms with E-state index in [1.165, 1.54) is 6.33 Å². The van der Waals surface area contributed by atoms with Crippen LogP contribution in [-0.2, 0) is 4.79 Å². The summed E-state index contributed by atoms with van der Waals surface area (Å²) < 4.78 is 11.5. The van der Waals surface area contributed by atoms with Crippen molar-refractivity contribution in [3.8, 4) is 23.8 Å². The Morgan fingerprint density at radius 1 is 1.15 bits per heavy atom. The number of hydrogen-bond acceptors (Lipinski definition) is 7. The minimum Gasteiger partial charge on any atom is -0.493 e. The number of rotatable bonds is 11. The van der Waals surface area contributed by atoms with Crippen molar-refractivity contribution in [3.63, 3.8) is 0 Å². The van der Waals surface area contributed by atoms with Gasteiger partial charge < -0.3 is 14.8 Å². The number of fused-ring (bicyclic) bond motifs is 1. The molecule has 3 N–H and O–H groups in total. The van der Waals surface area contributed by atoms with Crippen LogP contribution >= 0.6 is 0 Å². The molecule has 0 aliphatic rings. The minimum atomic E-state index is -0.611. The lowest BCUT2D eigenvalue weighted by atomic mass is 9.86. The average molecular weight is 463 g/mol. The topological polar surface area (TPSA) is 106 Å². The largest absolute Gasteiger partial charge is 0.493 e. The molecule has 0 unspecified atom stereocenters. The monoisotopic (exact) mass is 462 g/mol. The molecule has 0 saturated carbocycles. The van der Waals surface area contributed by atoms with E-state index in [1.54, 1.807) is 12.6 Å². The molecule has 8 heteroatoms. The predicted molar refractivity (Wildman–Crippen MR) is 131 cm³/mol. The summed E-state index contributed by atoms with van der Waals surface area (Å²) in [5.74, 6) is 4.08. The van der Waals surface area contributed by atoms with Crippen molar-refractivity contribution >= 4 is 28.3 Å². The number of unbranched alkanes of at least 4 members (excludes halogenated alkanes) is 2. The fraction of sp³-hybridized carbons (Fsp3) is 0.346. The smallest absolute Gasteiger partial charge is 0.248 e. The molecule has 0 fully saturated rings. The van der Waals surface area contributed by atoms with E-state index in [-0.39, 0.29) is 5.91 Å². The lowest BCUT2D eigenvalue weighted by Gasteiger charge is -2.21. The molecule has 0 aliphatic carbocycles. The molecular formula is C26H30N4O4. The molecule has 178 valence electrons. The number of methoxy groups -OCH3 is 1. The molecule has 8 nitrogen and oxygen atoms in total. The van der Waals surface area contributed by atoms with E-state index < -0.39 is 5.41 Å². The Labute approximate surface area is 199 Å². The summed E-state index contributed by atoms with van der Waals surface area (Å²) in [6, 6.07) is 11.2. The van der Waals surface area contributed by atoms with E-state index in [2.05, 4.69) is 21.2 Å². The highest BCUT2D eigenvalue weighted by Crippen LogP contribution is 2.35. The Bertz CT molecular complexity index is 1190. The molecule has 0 atom stereocenters. The first-order chi connectivity index (χ1) is 16.4. The second-order valence-corrected chi connectivity index (χ2v) is 8.58. The highest BCUT2D eigenvalue weighted by molar-refractivity contribution is 5.93. The second-order valence-electron chi connectivity index (χ2n) is 8.58. The molecule has 0 aliphatic heterocycles. The number of amides is 1. The van der Waals surface area contributed by atoms with Gasteiger partial charge in [0.2, 0.25) is 5.91 Å². The molecule has 3 aromatic rings. The van der Waals surface area contributed by atoms with Gasteiger partial charge in [-0.25, -0.2) is 15.4 Å². The third-order valence-corrected chi connectivity index (χ3v) is 5.63. The molecule has 0 spiro atoms. The number of aromatic nitrogens is 2. The van der Waals surface area contributed by atoms with Crippen molar-refractivity contribution in [1.29, 1.82) is 0 Å². The van der Waals surface area contributed by atoms with Crippen LogP contribution in [0.25, 0.3) is 10.9 Å². The van der Waals surface area contributed by atoms with Gasteiger partial charge >= 0.3 is 0 Å². The maximum absolute atomic E-state index is 11.7. The summed E-state index contributed by atoms with van der Waals surface area (Å²) >= 11 is 0. The molecule has 0 bridgehead atoms. The highest BCUT2D eigenvalue weighted by atomic mass is 16.5. The third-order valence-electron chi connectivity index (χ3n) is 5.63. The summed E-state index contributed by atoms with van der Waals surface area (Å²) in [5.41, 5.74) is 3.44. The summed E-state index contributed by atoms with van der Waals surface area (Å²) in [5, 5.41) is 12.9. The lowest BCUT2D eigenvalue weighted by molar-refractivity contribution is -0.138. The first-order valence-electron chi connectivity index (χ1n) is 11.1. The van der Waals surface area contributed by atoms with E-state index in [0.717, 1.165) is 41.4 Å². The van der Waals surface area contributed by atoms with Crippen LogP contribution in [0, 0.1) is 17.8 Å². The normalized spacial score (nSPS) is 11.0. The number of carbonyl (C=O) groups excluding carboxylic acids is 1. The molecule has 3 rings (SSSR count). The van der Waals surface area contributed by atoms with Crippen LogP contribution in [0.2, 0.25) is 0 Å². The molecule has 0 radical (unpaired) electrons. The van der Waals surface area contributed by atoms with Crippen LogP contribution in [0.1, 0.15) is 45.1 Å². The fourth-order valence-corrected chi connectivity index (χ4v) is 3.55. The number of nitrogens with one attached hydrogen (secondary N) is 2. The fourth-order valence-electron chi connectivity index (χ4n) is 3.55. The number of anilines is 2. The van der Waals surface area contributed by atoms with Crippen molar-refractivity contribution in [1.82, 2.24) is 15.4 Å². The number of ether oxygens (including phenoxy) is 2. The molecule has 2 aromatic carbocycles. The standard InChI is InChI=1S/C26H30N4O4/c1-5-18-10-9-11-19(14-18)29-24-20-15-23(22(33-4)16-21(20)27-17-28-24)34-13-8-6-7-12-26(2,3)25(31)30-32/h1,9-11,14-17,32H,6-8,12-13H2,2-4H3,(H,30,31)(H,27,28,29). The van der Waals surface area contributed by atoms with Gasteiger partial charge in [0.15, 0.2) is 11.5 Å². The SMILES string of the molecule is C#Cc1cccc(Nc2ncnc3cc(OC)c(OCCCCCC(C)(C)C(=O)NO)cc23)c1. The van der Waals surface area contributed by atoms with Crippen LogP contribution in [0.15, 0.2) is 42.7 Å². The summed E-state index contributed by atoms with van der Waals surface area (Å²) in [6.45, 7) is 4.12. The van der Waals surface area contributed by atoms with Crippen molar-refractivity contribution in [2.24, 2.45) is 5.41 Å². The first kappa shape index (κ1) is 24.8. The van der Waals surface area contributed by atoms with Gasteiger partial charge in [-0.15, -0.1) is 6.42 Å². The summed E-state index contributed by atoms with van der Waals surface area (Å²) in [7, 11) is 1.59. The average Bonchev–Trinajstić information content (AvgIpc) is 2.85. The second kappa shape index (κ2) is 11.3. The Morgan fingerprint density at radius 2 is 1.97 bits per heavy atom. The van der Waals surface area contributed by atoms with E-state index in [1.807, 2.05) is 50.2 Å². The number of hydroxylamine groups is 1. The molecule has 0 saturated heterocycles. The number of hydrogen-bond donors (Lipinski definition) is 3. The van der Waals surface area contributed by atoms with Gasteiger partial charge in [-0.1, -0.05) is 38.7 Å². The predicted octanol–water partition coefficient (Wildman–Crippen LogP) is 4.83. The summed E-state index contributed by atoms with van der Waals surface area (Å²) in [6.07, 6.45) is 10.2. The molecule has 34 heavy (non-hydrogen) atoms. The Hall–Kier alpha value is -3.83. The van der Waals surface area contributed by atoms with Crippen LogP contribution in [-0.4, -0.2) is 34.8 Å². The highest BCUT2D eigenvalue weighted by Gasteiger charge is 2.26. The Kier molecular flexibility index (Phi) is 8.28. The Morgan fingerprint density at radius 3 is 2.71 bits per heavy atom. The summed E-state index contributed by atoms with van der Waals surface area (Å²) in [4.78, 5) is 20.4. The quantitative estimate of drug-likeness (QED) is 0.162. The van der Waals surface area contributed by atoms with Crippen LogP contribution in [0.4, 0.5) is 11.5 Å². The minimum absolute atomic E-state index is 0.373. The van der Waals surface area contributed by atoms with E-state index in [9.17, 15) is 4.79 Å². The molecule has 1 heterocycles. The zero-order chi connectivity index (χ0) is 24.6. The van der Waals surface area contributed by atoms with Gasteiger partial charge in [0.25, 0.3) is 0 Å². The van der Waals surface area contributed by atoms with Gasteiger partial charge in [-0.05, 0) is 37.1 Å².